The number of methoxy groups -OCH3 is 1. The van der Waals surface area contributed by atoms with Crippen molar-refractivity contribution in [3.05, 3.63) is 29.6 Å². The molecule has 0 radical (unpaired) electrons. The van der Waals surface area contributed by atoms with Crippen LogP contribution in [0.4, 0.5) is 4.39 Å². The molecule has 0 fully saturated rings. The van der Waals surface area contributed by atoms with Gasteiger partial charge in [-0.1, -0.05) is 20.3 Å². The van der Waals surface area contributed by atoms with E-state index < -0.39 is 17.8 Å². The molecule has 0 aliphatic carbocycles. The predicted molar refractivity (Wildman–Crippen MR) is 70.7 cm³/mol. The van der Waals surface area contributed by atoms with Crippen molar-refractivity contribution in [2.24, 2.45) is 5.92 Å². The summed E-state index contributed by atoms with van der Waals surface area (Å²) in [5.41, 5.74) is 0.203. The van der Waals surface area contributed by atoms with E-state index in [1.165, 1.54) is 19.2 Å². The maximum Gasteiger partial charge on any atom is 0.251 e. The summed E-state index contributed by atoms with van der Waals surface area (Å²) in [4.78, 5) is 11.8. The van der Waals surface area contributed by atoms with E-state index in [1.54, 1.807) is 0 Å². The summed E-state index contributed by atoms with van der Waals surface area (Å²) < 4.78 is 18.2. The first-order chi connectivity index (χ1) is 8.99. The summed E-state index contributed by atoms with van der Waals surface area (Å²) in [5, 5.41) is 12.3. The van der Waals surface area contributed by atoms with Crippen LogP contribution < -0.4 is 10.1 Å². The quantitative estimate of drug-likeness (QED) is 0.830. The minimum absolute atomic E-state index is 0.0937. The molecule has 0 bridgehead atoms. The van der Waals surface area contributed by atoms with Crippen LogP contribution in [0.3, 0.4) is 0 Å². The fraction of sp³-hybridized carbons (Fsp3) is 0.500. The maximum atomic E-state index is 13.4. The SMILES string of the molecule is CCC(C)C(O)CNC(=O)c1ccc(OC)c(F)c1. The van der Waals surface area contributed by atoms with E-state index in [9.17, 15) is 14.3 Å². The van der Waals surface area contributed by atoms with Crippen molar-refractivity contribution in [2.45, 2.75) is 26.4 Å². The number of aliphatic hydroxyl groups is 1. The molecule has 5 heteroatoms. The van der Waals surface area contributed by atoms with Gasteiger partial charge in [0.05, 0.1) is 13.2 Å². The van der Waals surface area contributed by atoms with Gasteiger partial charge >= 0.3 is 0 Å². The van der Waals surface area contributed by atoms with E-state index in [1.807, 2.05) is 13.8 Å². The van der Waals surface area contributed by atoms with E-state index in [-0.39, 0.29) is 23.8 Å². The first-order valence-corrected chi connectivity index (χ1v) is 6.29. The van der Waals surface area contributed by atoms with E-state index in [0.29, 0.717) is 0 Å². The number of aliphatic hydroxyl groups excluding tert-OH is 1. The van der Waals surface area contributed by atoms with Gasteiger partial charge in [-0.2, -0.15) is 0 Å². The lowest BCUT2D eigenvalue weighted by atomic mass is 10.0. The molecule has 1 rings (SSSR count). The van der Waals surface area contributed by atoms with Gasteiger partial charge < -0.3 is 15.2 Å². The Balaban J connectivity index is 2.61. The molecule has 0 aliphatic heterocycles. The highest BCUT2D eigenvalue weighted by Gasteiger charge is 2.15. The molecule has 0 saturated heterocycles. The maximum absolute atomic E-state index is 13.4. The highest BCUT2D eigenvalue weighted by atomic mass is 19.1. The molecule has 0 aromatic heterocycles. The second-order valence-corrected chi connectivity index (χ2v) is 4.51. The topological polar surface area (TPSA) is 58.6 Å². The molecule has 106 valence electrons. The van der Waals surface area contributed by atoms with Gasteiger partial charge in [0.15, 0.2) is 11.6 Å². The van der Waals surface area contributed by atoms with Crippen LogP contribution in [-0.2, 0) is 0 Å². The average molecular weight is 269 g/mol. The zero-order valence-corrected chi connectivity index (χ0v) is 11.4. The average Bonchev–Trinajstić information content (AvgIpc) is 2.43. The van der Waals surface area contributed by atoms with Crippen LogP contribution in [0, 0.1) is 11.7 Å². The van der Waals surface area contributed by atoms with Crippen LogP contribution in [0.25, 0.3) is 0 Å². The minimum Gasteiger partial charge on any atom is -0.494 e. The van der Waals surface area contributed by atoms with Crippen molar-refractivity contribution >= 4 is 5.91 Å². The number of rotatable bonds is 6. The van der Waals surface area contributed by atoms with Crippen molar-refractivity contribution in [3.63, 3.8) is 0 Å². The van der Waals surface area contributed by atoms with Gasteiger partial charge in [0.2, 0.25) is 0 Å². The van der Waals surface area contributed by atoms with Crippen LogP contribution >= 0.6 is 0 Å². The van der Waals surface area contributed by atoms with Crippen LogP contribution in [0.1, 0.15) is 30.6 Å². The fourth-order valence-corrected chi connectivity index (χ4v) is 1.58. The van der Waals surface area contributed by atoms with Gasteiger partial charge in [-0.15, -0.1) is 0 Å². The number of nitrogens with one attached hydrogen (secondary N) is 1. The summed E-state index contributed by atoms with van der Waals surface area (Å²) in [6, 6.07) is 3.99. The molecule has 4 nitrogen and oxygen atoms in total. The Morgan fingerprint density at radius 3 is 2.74 bits per heavy atom. The number of ether oxygens (including phenoxy) is 1. The molecule has 1 aromatic rings. The second-order valence-electron chi connectivity index (χ2n) is 4.51. The Kier molecular flexibility index (Phi) is 5.76. The summed E-state index contributed by atoms with van der Waals surface area (Å²) in [6.07, 6.45) is 0.228. The third kappa shape index (κ3) is 4.21. The largest absolute Gasteiger partial charge is 0.494 e. The molecule has 0 heterocycles. The molecular weight excluding hydrogens is 249 g/mol. The fourth-order valence-electron chi connectivity index (χ4n) is 1.58. The third-order valence-corrected chi connectivity index (χ3v) is 3.19. The third-order valence-electron chi connectivity index (χ3n) is 3.19. The number of carbonyl (C=O) groups excluding carboxylic acids is 1. The molecule has 0 saturated carbocycles. The molecule has 2 N–H and O–H groups in total. The summed E-state index contributed by atoms with van der Waals surface area (Å²) in [5.74, 6) is -0.800. The molecule has 2 atom stereocenters. The first-order valence-electron chi connectivity index (χ1n) is 6.29. The number of hydrogen-bond donors (Lipinski definition) is 2. The molecule has 0 spiro atoms. The van der Waals surface area contributed by atoms with Crippen molar-refractivity contribution in [2.75, 3.05) is 13.7 Å². The Labute approximate surface area is 112 Å². The van der Waals surface area contributed by atoms with E-state index in [4.69, 9.17) is 4.74 Å². The van der Waals surface area contributed by atoms with Crippen LogP contribution in [0.15, 0.2) is 18.2 Å². The first kappa shape index (κ1) is 15.4. The second kappa shape index (κ2) is 7.09. The molecular formula is C14H20FNO3. The summed E-state index contributed by atoms with van der Waals surface area (Å²) in [7, 11) is 1.36. The summed E-state index contributed by atoms with van der Waals surface area (Å²) in [6.45, 7) is 4.03. The summed E-state index contributed by atoms with van der Waals surface area (Å²) >= 11 is 0. The Hall–Kier alpha value is -1.62. The van der Waals surface area contributed by atoms with Gasteiger partial charge in [-0.05, 0) is 24.1 Å². The van der Waals surface area contributed by atoms with Gasteiger partial charge in [-0.25, -0.2) is 4.39 Å². The van der Waals surface area contributed by atoms with Gasteiger partial charge in [0.1, 0.15) is 0 Å². The number of halogens is 1. The Morgan fingerprint density at radius 2 is 2.21 bits per heavy atom. The highest BCUT2D eigenvalue weighted by molar-refractivity contribution is 5.94. The van der Waals surface area contributed by atoms with Gasteiger partial charge in [-0.3, -0.25) is 4.79 Å². The minimum atomic E-state index is -0.600. The zero-order chi connectivity index (χ0) is 14.4. The number of benzene rings is 1. The van der Waals surface area contributed by atoms with Crippen LogP contribution in [-0.4, -0.2) is 30.8 Å². The number of amides is 1. The zero-order valence-electron chi connectivity index (χ0n) is 11.4. The molecule has 2 unspecified atom stereocenters. The number of hydrogen-bond acceptors (Lipinski definition) is 3. The lowest BCUT2D eigenvalue weighted by Crippen LogP contribution is -2.35. The van der Waals surface area contributed by atoms with Crippen molar-refractivity contribution in [1.82, 2.24) is 5.32 Å². The smallest absolute Gasteiger partial charge is 0.251 e. The monoisotopic (exact) mass is 269 g/mol. The van der Waals surface area contributed by atoms with Crippen LogP contribution in [0.5, 0.6) is 5.75 Å². The van der Waals surface area contributed by atoms with E-state index in [2.05, 4.69) is 5.32 Å². The van der Waals surface area contributed by atoms with Crippen LogP contribution in [0.2, 0.25) is 0 Å². The standard InChI is InChI=1S/C14H20FNO3/c1-4-9(2)12(17)8-16-14(18)10-5-6-13(19-3)11(15)7-10/h5-7,9,12,17H,4,8H2,1-3H3,(H,16,18). The molecule has 0 aliphatic rings. The van der Waals surface area contributed by atoms with E-state index in [0.717, 1.165) is 12.5 Å². The predicted octanol–water partition coefficient (Wildman–Crippen LogP) is 1.97. The Bertz CT molecular complexity index is 437. The lowest BCUT2D eigenvalue weighted by Gasteiger charge is -2.17. The lowest BCUT2D eigenvalue weighted by molar-refractivity contribution is 0.0850. The van der Waals surface area contributed by atoms with E-state index >= 15 is 0 Å². The Morgan fingerprint density at radius 1 is 1.53 bits per heavy atom. The van der Waals surface area contributed by atoms with Crippen molar-refractivity contribution < 1.29 is 19.0 Å². The van der Waals surface area contributed by atoms with Crippen molar-refractivity contribution in [3.8, 4) is 5.75 Å². The van der Waals surface area contributed by atoms with Crippen molar-refractivity contribution in [1.29, 1.82) is 0 Å². The molecule has 1 aromatic carbocycles. The highest BCUT2D eigenvalue weighted by Crippen LogP contribution is 2.17. The van der Waals surface area contributed by atoms with Gasteiger partial charge in [0, 0.05) is 12.1 Å². The normalized spacial score (nSPS) is 13.7. The number of carbonyl (C=O) groups is 1. The molecule has 19 heavy (non-hydrogen) atoms. The molecule has 1 amide bonds. The van der Waals surface area contributed by atoms with Gasteiger partial charge in [0.25, 0.3) is 5.91 Å².